The summed E-state index contributed by atoms with van der Waals surface area (Å²) in [6, 6.07) is 9.95. The van der Waals surface area contributed by atoms with E-state index in [0.717, 1.165) is 6.42 Å². The maximum Gasteiger partial charge on any atom is 0.453 e. The summed E-state index contributed by atoms with van der Waals surface area (Å²) in [5.74, 6) is -0.527. The lowest BCUT2D eigenvalue weighted by Gasteiger charge is -2.16. The molecule has 21 heavy (non-hydrogen) atoms. The summed E-state index contributed by atoms with van der Waals surface area (Å²) in [7, 11) is 0. The summed E-state index contributed by atoms with van der Waals surface area (Å²) < 4.78 is 4.74. The molecule has 0 unspecified atom stereocenters. The maximum atomic E-state index is 10.7. The van der Waals surface area contributed by atoms with Crippen molar-refractivity contribution in [2.24, 2.45) is 10.2 Å². The fourth-order valence-electron chi connectivity index (χ4n) is 1.17. The molecule has 0 aliphatic carbocycles. The van der Waals surface area contributed by atoms with Crippen molar-refractivity contribution in [1.29, 1.82) is 0 Å². The van der Waals surface area contributed by atoms with E-state index >= 15 is 0 Å². The first kappa shape index (κ1) is 18.9. The van der Waals surface area contributed by atoms with Crippen molar-refractivity contribution in [3.05, 3.63) is 35.9 Å². The lowest BCUT2D eigenvalue weighted by Crippen LogP contribution is -2.21. The average molecular weight is 294 g/mol. The van der Waals surface area contributed by atoms with E-state index in [1.54, 1.807) is 20.8 Å². The molecule has 1 aromatic carbocycles. The molecule has 0 radical (unpaired) electrons. The van der Waals surface area contributed by atoms with Gasteiger partial charge in [0.05, 0.1) is 0 Å². The van der Waals surface area contributed by atoms with Crippen LogP contribution < -0.4 is 0 Å². The number of azo groups is 1. The number of rotatable bonds is 2. The molecule has 0 aliphatic rings. The largest absolute Gasteiger partial charge is 0.453 e. The van der Waals surface area contributed by atoms with Gasteiger partial charge in [-0.1, -0.05) is 35.4 Å². The van der Waals surface area contributed by atoms with E-state index in [1.807, 2.05) is 30.3 Å². The second-order valence-electron chi connectivity index (χ2n) is 5.16. The Balaban J connectivity index is 0.000000394. The summed E-state index contributed by atoms with van der Waals surface area (Å²) >= 11 is 0. The Morgan fingerprint density at radius 3 is 2.14 bits per heavy atom. The number of amides is 2. The zero-order chi connectivity index (χ0) is 16.3. The minimum Gasteiger partial charge on any atom is -0.441 e. The summed E-state index contributed by atoms with van der Waals surface area (Å²) in [5.41, 5.74) is 0.590. The average Bonchev–Trinajstić information content (AvgIpc) is 2.37. The number of aliphatic hydroxyl groups is 1. The highest BCUT2D eigenvalue weighted by molar-refractivity contribution is 5.76. The van der Waals surface area contributed by atoms with Crippen molar-refractivity contribution in [3.8, 4) is 0 Å². The molecule has 0 heterocycles. The molecule has 1 rings (SSSR count). The molecule has 0 saturated carbocycles. The molecule has 0 spiro atoms. The van der Waals surface area contributed by atoms with E-state index in [9.17, 15) is 9.59 Å². The van der Waals surface area contributed by atoms with E-state index in [4.69, 9.17) is 9.84 Å². The van der Waals surface area contributed by atoms with Gasteiger partial charge in [-0.3, -0.25) is 4.79 Å². The van der Waals surface area contributed by atoms with Crippen LogP contribution in [0, 0.1) is 0 Å². The predicted octanol–water partition coefficient (Wildman–Crippen LogP) is 3.14. The molecule has 0 aliphatic heterocycles. The van der Waals surface area contributed by atoms with Gasteiger partial charge >= 0.3 is 6.09 Å². The molecular weight excluding hydrogens is 272 g/mol. The minimum atomic E-state index is -0.849. The van der Waals surface area contributed by atoms with Crippen LogP contribution in [0.15, 0.2) is 40.6 Å². The van der Waals surface area contributed by atoms with Crippen molar-refractivity contribution in [2.75, 3.05) is 6.61 Å². The first-order chi connectivity index (χ1) is 9.74. The molecule has 6 heteroatoms. The standard InChI is InChI=1S/C8H10O.C7H12N2O3/c9-7-6-8-4-2-1-3-5-8;1-5(10)8-9-6(11)12-7(2,3)4/h1-5,9H,6-7H2;1-4H3. The topological polar surface area (TPSA) is 88.3 Å². The highest BCUT2D eigenvalue weighted by Crippen LogP contribution is 2.07. The lowest BCUT2D eigenvalue weighted by atomic mass is 10.2. The number of aliphatic hydroxyl groups excluding tert-OH is 1. The first-order valence-electron chi connectivity index (χ1n) is 6.54. The van der Waals surface area contributed by atoms with Crippen LogP contribution in [0.3, 0.4) is 0 Å². The molecule has 116 valence electrons. The summed E-state index contributed by atoms with van der Waals surface area (Å²) in [6.45, 7) is 6.55. The normalized spacial score (nSPS) is 10.7. The Labute approximate surface area is 124 Å². The van der Waals surface area contributed by atoms with Crippen molar-refractivity contribution in [3.63, 3.8) is 0 Å². The monoisotopic (exact) mass is 294 g/mol. The van der Waals surface area contributed by atoms with E-state index in [-0.39, 0.29) is 6.61 Å². The van der Waals surface area contributed by atoms with Crippen molar-refractivity contribution in [1.82, 2.24) is 0 Å². The molecular formula is C15H22N2O4. The third kappa shape index (κ3) is 12.7. The van der Waals surface area contributed by atoms with Crippen LogP contribution in [-0.4, -0.2) is 29.3 Å². The molecule has 0 fully saturated rings. The summed E-state index contributed by atoms with van der Waals surface area (Å²) in [5, 5.41) is 14.6. The summed E-state index contributed by atoms with van der Waals surface area (Å²) in [6.07, 6.45) is -0.0846. The Morgan fingerprint density at radius 1 is 1.14 bits per heavy atom. The Bertz CT molecular complexity index is 464. The zero-order valence-corrected chi connectivity index (χ0v) is 12.9. The Hall–Kier alpha value is -2.08. The quantitative estimate of drug-likeness (QED) is 0.849. The van der Waals surface area contributed by atoms with Gasteiger partial charge in [-0.15, -0.1) is 5.11 Å². The summed E-state index contributed by atoms with van der Waals surface area (Å²) in [4.78, 5) is 21.0. The number of carbonyl (C=O) groups is 2. The fourth-order valence-corrected chi connectivity index (χ4v) is 1.17. The van der Waals surface area contributed by atoms with Gasteiger partial charge in [0.15, 0.2) is 0 Å². The molecule has 2 amide bonds. The number of ether oxygens (including phenoxy) is 1. The number of carbonyl (C=O) groups excluding carboxylic acids is 2. The second kappa shape index (κ2) is 9.77. The molecule has 0 saturated heterocycles. The zero-order valence-electron chi connectivity index (χ0n) is 12.9. The third-order valence-corrected chi connectivity index (χ3v) is 1.91. The smallest absolute Gasteiger partial charge is 0.441 e. The minimum absolute atomic E-state index is 0.240. The fraction of sp³-hybridized carbons (Fsp3) is 0.467. The predicted molar refractivity (Wildman–Crippen MR) is 79.0 cm³/mol. The van der Waals surface area contributed by atoms with Gasteiger partial charge in [-0.25, -0.2) is 4.79 Å². The molecule has 0 aromatic heterocycles. The molecule has 0 bridgehead atoms. The second-order valence-corrected chi connectivity index (χ2v) is 5.16. The van der Waals surface area contributed by atoms with Crippen molar-refractivity contribution in [2.45, 2.75) is 39.7 Å². The van der Waals surface area contributed by atoms with Crippen molar-refractivity contribution < 1.29 is 19.4 Å². The van der Waals surface area contributed by atoms with E-state index in [2.05, 4.69) is 10.2 Å². The maximum absolute atomic E-state index is 10.7. The van der Waals surface area contributed by atoms with E-state index < -0.39 is 17.6 Å². The van der Waals surface area contributed by atoms with Gasteiger partial charge < -0.3 is 9.84 Å². The molecule has 1 aromatic rings. The number of hydrogen-bond donors (Lipinski definition) is 1. The SMILES string of the molecule is CC(=O)N=NC(=O)OC(C)(C)C.OCCc1ccccc1. The molecule has 6 nitrogen and oxygen atoms in total. The first-order valence-corrected chi connectivity index (χ1v) is 6.54. The van der Waals surface area contributed by atoms with Crippen LogP contribution >= 0.6 is 0 Å². The van der Waals surface area contributed by atoms with Crippen molar-refractivity contribution >= 4 is 12.0 Å². The Kier molecular flexibility index (Phi) is 8.80. The lowest BCUT2D eigenvalue weighted by molar-refractivity contribution is -0.116. The third-order valence-electron chi connectivity index (χ3n) is 1.91. The van der Waals surface area contributed by atoms with Crippen LogP contribution in [-0.2, 0) is 16.0 Å². The molecule has 0 atom stereocenters. The van der Waals surface area contributed by atoms with Crippen LogP contribution in [0.1, 0.15) is 33.3 Å². The highest BCUT2D eigenvalue weighted by atomic mass is 16.6. The van der Waals surface area contributed by atoms with Gasteiger partial charge in [-0.2, -0.15) is 0 Å². The van der Waals surface area contributed by atoms with Gasteiger partial charge in [0.2, 0.25) is 0 Å². The van der Waals surface area contributed by atoms with E-state index in [0.29, 0.717) is 0 Å². The van der Waals surface area contributed by atoms with Gasteiger partial charge in [0.25, 0.3) is 5.91 Å². The Morgan fingerprint density at radius 2 is 1.71 bits per heavy atom. The van der Waals surface area contributed by atoms with Crippen LogP contribution in [0.2, 0.25) is 0 Å². The van der Waals surface area contributed by atoms with Crippen LogP contribution in [0.4, 0.5) is 4.79 Å². The number of benzene rings is 1. The van der Waals surface area contributed by atoms with Gasteiger partial charge in [0.1, 0.15) is 5.60 Å². The number of nitrogens with zero attached hydrogens (tertiary/aromatic N) is 2. The highest BCUT2D eigenvalue weighted by Gasteiger charge is 2.15. The van der Waals surface area contributed by atoms with Crippen LogP contribution in [0.5, 0.6) is 0 Å². The molecule has 1 N–H and O–H groups in total. The van der Waals surface area contributed by atoms with E-state index in [1.165, 1.54) is 12.5 Å². The number of hydrogen-bond acceptors (Lipinski definition) is 4. The van der Waals surface area contributed by atoms with Gasteiger partial charge in [0, 0.05) is 13.5 Å². The van der Waals surface area contributed by atoms with Crippen LogP contribution in [0.25, 0.3) is 0 Å². The van der Waals surface area contributed by atoms with Gasteiger partial charge in [-0.05, 0) is 32.8 Å².